The molecule has 0 heterocycles. The largest absolute Gasteiger partial charge is 0.464 e. The molecule has 1 aliphatic carbocycles. The summed E-state index contributed by atoms with van der Waals surface area (Å²) in [6, 6.07) is 0. The van der Waals surface area contributed by atoms with Gasteiger partial charge in [-0.15, -0.1) is 0 Å². The van der Waals surface area contributed by atoms with Crippen molar-refractivity contribution in [3.05, 3.63) is 31.6 Å². The van der Waals surface area contributed by atoms with Crippen LogP contribution in [0.15, 0.2) is 0 Å². The summed E-state index contributed by atoms with van der Waals surface area (Å²) in [4.78, 5) is 13.2. The lowest BCUT2D eigenvalue weighted by Crippen LogP contribution is -2.22. The van der Waals surface area contributed by atoms with Gasteiger partial charge in [0, 0.05) is 6.54 Å². The van der Waals surface area contributed by atoms with Crippen LogP contribution in [0.25, 0.3) is 0 Å². The lowest BCUT2D eigenvalue weighted by molar-refractivity contribution is -0.140. The maximum absolute atomic E-state index is 11.2. The van der Waals surface area contributed by atoms with E-state index in [4.69, 9.17) is 4.74 Å². The predicted molar refractivity (Wildman–Crippen MR) is 50.0 cm³/mol. The molecular formula is C10H14NO2. The van der Waals surface area contributed by atoms with Gasteiger partial charge in [-0.1, -0.05) is 0 Å². The van der Waals surface area contributed by atoms with Crippen LogP contribution >= 0.6 is 0 Å². The van der Waals surface area contributed by atoms with E-state index in [2.05, 4.69) is 0 Å². The average Bonchev–Trinajstić information content (AvgIpc) is 2.55. The number of nitrogens with zero attached hydrogens (tertiary/aromatic N) is 1. The molecule has 71 valence electrons. The summed E-state index contributed by atoms with van der Waals surface area (Å²) in [6.07, 6.45) is 7.14. The van der Waals surface area contributed by atoms with Gasteiger partial charge < -0.3 is 9.64 Å². The van der Waals surface area contributed by atoms with Crippen LogP contribution < -0.4 is 0 Å². The second kappa shape index (κ2) is 5.22. The second-order valence-electron chi connectivity index (χ2n) is 3.11. The summed E-state index contributed by atoms with van der Waals surface area (Å²) >= 11 is 0. The third-order valence-electron chi connectivity index (χ3n) is 1.67. The summed E-state index contributed by atoms with van der Waals surface area (Å²) in [7, 11) is 3.88. The molecule has 5 radical (unpaired) electrons. The van der Waals surface area contributed by atoms with E-state index in [1.165, 1.54) is 0 Å². The maximum atomic E-state index is 11.2. The lowest BCUT2D eigenvalue weighted by Gasteiger charge is -2.11. The van der Waals surface area contributed by atoms with Gasteiger partial charge in [0.05, 0.1) is 5.92 Å². The quantitative estimate of drug-likeness (QED) is 0.590. The minimum atomic E-state index is -0.244. The second-order valence-corrected chi connectivity index (χ2v) is 3.11. The van der Waals surface area contributed by atoms with E-state index in [0.717, 1.165) is 6.54 Å². The Morgan fingerprint density at radius 2 is 2.00 bits per heavy atom. The van der Waals surface area contributed by atoms with Crippen molar-refractivity contribution in [3.63, 3.8) is 0 Å². The van der Waals surface area contributed by atoms with Crippen LogP contribution in [0.1, 0.15) is 0 Å². The first kappa shape index (κ1) is 10.5. The van der Waals surface area contributed by atoms with E-state index in [-0.39, 0.29) is 5.97 Å². The van der Waals surface area contributed by atoms with Crippen molar-refractivity contribution >= 4 is 5.97 Å². The third-order valence-corrected chi connectivity index (χ3v) is 1.67. The Balaban J connectivity index is 2.10. The summed E-state index contributed by atoms with van der Waals surface area (Å²) in [5, 5.41) is 0. The molecule has 1 saturated carbocycles. The zero-order chi connectivity index (χ0) is 9.68. The van der Waals surface area contributed by atoms with Crippen LogP contribution in [0.3, 0.4) is 0 Å². The summed E-state index contributed by atoms with van der Waals surface area (Å²) < 4.78 is 5.02. The zero-order valence-electron chi connectivity index (χ0n) is 7.99. The first-order valence-electron chi connectivity index (χ1n) is 4.23. The van der Waals surface area contributed by atoms with Crippen LogP contribution in [0.4, 0.5) is 0 Å². The Morgan fingerprint density at radius 1 is 1.38 bits per heavy atom. The molecule has 0 unspecified atom stereocenters. The van der Waals surface area contributed by atoms with Crippen LogP contribution in [0.2, 0.25) is 0 Å². The molecule has 3 heteroatoms. The molecule has 1 aliphatic rings. The standard InChI is InChI=1S/C10H14NO2/c1-11(2)7-8-13-10(12)9-5-3-4-6-9/h3-6H,7-8H2,1-2H3. The highest BCUT2D eigenvalue weighted by Gasteiger charge is 2.25. The van der Waals surface area contributed by atoms with Gasteiger partial charge in [0.1, 0.15) is 6.61 Å². The maximum Gasteiger partial charge on any atom is 0.313 e. The molecular weight excluding hydrogens is 166 g/mol. The van der Waals surface area contributed by atoms with E-state index >= 15 is 0 Å². The van der Waals surface area contributed by atoms with Crippen LogP contribution in [0, 0.1) is 31.6 Å². The minimum Gasteiger partial charge on any atom is -0.464 e. The van der Waals surface area contributed by atoms with Crippen LogP contribution in [-0.4, -0.2) is 38.1 Å². The van der Waals surface area contributed by atoms with Gasteiger partial charge in [-0.25, -0.2) is 0 Å². The number of carbonyl (C=O) groups is 1. The molecule has 0 saturated heterocycles. The summed E-state index contributed by atoms with van der Waals surface area (Å²) in [6.45, 7) is 1.20. The fourth-order valence-corrected chi connectivity index (χ4v) is 0.914. The molecule has 0 aliphatic heterocycles. The number of likely N-dealkylation sites (N-methyl/N-ethyl adjacent to an activating group) is 1. The minimum absolute atomic E-state index is 0.244. The number of hydrogen-bond donors (Lipinski definition) is 0. The monoisotopic (exact) mass is 180 g/mol. The van der Waals surface area contributed by atoms with Crippen molar-refractivity contribution in [2.24, 2.45) is 0 Å². The highest BCUT2D eigenvalue weighted by molar-refractivity contribution is 5.91. The Labute approximate surface area is 80.1 Å². The van der Waals surface area contributed by atoms with E-state index in [9.17, 15) is 4.79 Å². The lowest BCUT2D eigenvalue weighted by atomic mass is 10.1. The topological polar surface area (TPSA) is 29.5 Å². The summed E-state index contributed by atoms with van der Waals surface area (Å²) in [5.41, 5.74) is 0. The normalized spacial score (nSPS) is 18.1. The van der Waals surface area contributed by atoms with Gasteiger partial charge in [-0.3, -0.25) is 4.79 Å². The molecule has 13 heavy (non-hydrogen) atoms. The summed E-state index contributed by atoms with van der Waals surface area (Å²) in [5.74, 6) is 0.380. The Kier molecular flexibility index (Phi) is 4.22. The molecule has 1 fully saturated rings. The predicted octanol–water partition coefficient (Wildman–Crippen LogP) is 0.496. The number of carbonyl (C=O) groups excluding carboxylic acids is 1. The Morgan fingerprint density at radius 3 is 2.54 bits per heavy atom. The van der Waals surface area contributed by atoms with Crippen molar-refractivity contribution in [2.45, 2.75) is 0 Å². The van der Waals surface area contributed by atoms with Gasteiger partial charge >= 0.3 is 5.97 Å². The highest BCUT2D eigenvalue weighted by atomic mass is 16.5. The molecule has 3 nitrogen and oxygen atoms in total. The van der Waals surface area contributed by atoms with Crippen molar-refractivity contribution < 1.29 is 9.53 Å². The molecule has 1 rings (SSSR count). The molecule has 0 aromatic carbocycles. The molecule has 0 amide bonds. The number of ether oxygens (including phenoxy) is 1. The van der Waals surface area contributed by atoms with Gasteiger partial charge in [0.2, 0.25) is 0 Å². The molecule has 0 aromatic rings. The SMILES string of the molecule is CN(C)CCOC(=O)[C]1[CH][CH][CH][CH]1. The van der Waals surface area contributed by atoms with E-state index < -0.39 is 0 Å². The van der Waals surface area contributed by atoms with Gasteiger partial charge in [-0.05, 0) is 39.8 Å². The molecule has 0 atom stereocenters. The smallest absolute Gasteiger partial charge is 0.313 e. The van der Waals surface area contributed by atoms with Crippen LogP contribution in [-0.2, 0) is 9.53 Å². The van der Waals surface area contributed by atoms with E-state index in [1.807, 2.05) is 31.8 Å². The first-order valence-corrected chi connectivity index (χ1v) is 4.23. The Bertz CT molecular complexity index is 162. The van der Waals surface area contributed by atoms with Crippen molar-refractivity contribution in [1.29, 1.82) is 0 Å². The molecule has 0 N–H and O–H groups in total. The van der Waals surface area contributed by atoms with Crippen molar-refractivity contribution in [2.75, 3.05) is 27.2 Å². The van der Waals surface area contributed by atoms with E-state index in [0.29, 0.717) is 12.5 Å². The highest BCUT2D eigenvalue weighted by Crippen LogP contribution is 2.23. The van der Waals surface area contributed by atoms with Crippen LogP contribution in [0.5, 0.6) is 0 Å². The van der Waals surface area contributed by atoms with Gasteiger partial charge in [0.15, 0.2) is 0 Å². The fourth-order valence-electron chi connectivity index (χ4n) is 0.914. The molecule has 0 aromatic heterocycles. The first-order chi connectivity index (χ1) is 6.20. The number of hydrogen-bond acceptors (Lipinski definition) is 3. The van der Waals surface area contributed by atoms with Crippen molar-refractivity contribution in [1.82, 2.24) is 4.90 Å². The zero-order valence-corrected chi connectivity index (χ0v) is 7.99. The van der Waals surface area contributed by atoms with Gasteiger partial charge in [0.25, 0.3) is 0 Å². The molecule has 0 spiro atoms. The number of esters is 1. The average molecular weight is 180 g/mol. The van der Waals surface area contributed by atoms with Crippen molar-refractivity contribution in [3.8, 4) is 0 Å². The Hall–Kier alpha value is -0.570. The third kappa shape index (κ3) is 3.77. The van der Waals surface area contributed by atoms with E-state index in [1.54, 1.807) is 12.8 Å². The van der Waals surface area contributed by atoms with Gasteiger partial charge in [-0.2, -0.15) is 0 Å². The molecule has 0 bridgehead atoms. The number of rotatable bonds is 4. The fraction of sp³-hybridized carbons (Fsp3) is 0.400.